The van der Waals surface area contributed by atoms with Crippen molar-refractivity contribution in [1.82, 2.24) is 5.32 Å². The molecule has 0 saturated carbocycles. The van der Waals surface area contributed by atoms with E-state index in [1.807, 2.05) is 24.3 Å². The van der Waals surface area contributed by atoms with Gasteiger partial charge in [0.2, 0.25) is 0 Å². The van der Waals surface area contributed by atoms with Gasteiger partial charge in [0, 0.05) is 28.9 Å². The van der Waals surface area contributed by atoms with E-state index in [0.29, 0.717) is 16.6 Å². The molecule has 9 heteroatoms. The predicted octanol–water partition coefficient (Wildman–Crippen LogP) is 6.39. The Hall–Kier alpha value is -3.36. The maximum absolute atomic E-state index is 12.4. The molecule has 0 aliphatic rings. The minimum Gasteiger partial charge on any atom is -0.475 e. The fourth-order valence-electron chi connectivity index (χ4n) is 2.72. The van der Waals surface area contributed by atoms with Crippen LogP contribution in [0.1, 0.15) is 29.8 Å². The highest BCUT2D eigenvalue weighted by Gasteiger charge is 2.38. The number of alkyl halides is 3. The van der Waals surface area contributed by atoms with Gasteiger partial charge in [0.1, 0.15) is 0 Å². The van der Waals surface area contributed by atoms with Crippen LogP contribution in [0, 0.1) is 0 Å². The van der Waals surface area contributed by atoms with Gasteiger partial charge in [-0.05, 0) is 53.1 Å². The molecular formula is C25H24ClF3N2O3. The lowest BCUT2D eigenvalue weighted by Crippen LogP contribution is -2.21. The maximum atomic E-state index is 12.4. The number of hydrogen-bond donors (Lipinski definition) is 3. The van der Waals surface area contributed by atoms with Gasteiger partial charge in [-0.2, -0.15) is 13.2 Å². The predicted molar refractivity (Wildman–Crippen MR) is 127 cm³/mol. The number of rotatable bonds is 6. The van der Waals surface area contributed by atoms with Gasteiger partial charge in [-0.1, -0.05) is 61.8 Å². The number of amides is 1. The average Bonchev–Trinajstić information content (AvgIpc) is 2.78. The van der Waals surface area contributed by atoms with Crippen LogP contribution in [0.2, 0.25) is 5.02 Å². The smallest absolute Gasteiger partial charge is 0.475 e. The van der Waals surface area contributed by atoms with Crippen molar-refractivity contribution in [1.29, 1.82) is 0 Å². The standard InChI is InChI=1S/C23H23ClN2O.C2HF3O2/c1-16(2)25-15-17-6-8-18(9-7-17)20-4-3-5-22(14-20)26-23(27)19-10-12-21(24)13-11-19;3-2(4,5)1(6)7/h3-14,16,25H,15H2,1-2H3,(H,26,27);(H,6,7). The quantitative estimate of drug-likeness (QED) is 0.372. The molecule has 1 amide bonds. The summed E-state index contributed by atoms with van der Waals surface area (Å²) in [5.41, 5.74) is 4.77. The molecule has 3 aromatic carbocycles. The minimum absolute atomic E-state index is 0.154. The maximum Gasteiger partial charge on any atom is 0.490 e. The van der Waals surface area contributed by atoms with Crippen LogP contribution in [-0.2, 0) is 11.3 Å². The van der Waals surface area contributed by atoms with Gasteiger partial charge in [-0.3, -0.25) is 4.79 Å². The van der Waals surface area contributed by atoms with Crippen LogP contribution in [0.15, 0.2) is 72.8 Å². The molecule has 0 radical (unpaired) electrons. The molecule has 3 aromatic rings. The van der Waals surface area contributed by atoms with E-state index in [9.17, 15) is 18.0 Å². The molecule has 3 N–H and O–H groups in total. The molecule has 0 aliphatic carbocycles. The number of anilines is 1. The minimum atomic E-state index is -5.08. The molecule has 0 fully saturated rings. The first-order valence-corrected chi connectivity index (χ1v) is 10.6. The van der Waals surface area contributed by atoms with Crippen LogP contribution in [0.5, 0.6) is 0 Å². The normalized spacial score (nSPS) is 10.9. The van der Waals surface area contributed by atoms with E-state index in [-0.39, 0.29) is 5.91 Å². The Kier molecular flexibility index (Phi) is 9.65. The Morgan fingerprint density at radius 3 is 2.06 bits per heavy atom. The summed E-state index contributed by atoms with van der Waals surface area (Å²) in [6, 6.07) is 23.6. The molecule has 0 saturated heterocycles. The summed E-state index contributed by atoms with van der Waals surface area (Å²) in [4.78, 5) is 21.3. The van der Waals surface area contributed by atoms with Crippen LogP contribution >= 0.6 is 11.6 Å². The highest BCUT2D eigenvalue weighted by atomic mass is 35.5. The Balaban J connectivity index is 0.000000509. The number of carbonyl (C=O) groups is 2. The molecule has 0 aliphatic heterocycles. The van der Waals surface area contributed by atoms with Gasteiger partial charge >= 0.3 is 12.1 Å². The van der Waals surface area contributed by atoms with Gasteiger partial charge < -0.3 is 15.7 Å². The summed E-state index contributed by atoms with van der Waals surface area (Å²) in [6.45, 7) is 5.13. The van der Waals surface area contributed by atoms with E-state index < -0.39 is 12.1 Å². The van der Waals surface area contributed by atoms with E-state index in [1.54, 1.807) is 24.3 Å². The zero-order chi connectivity index (χ0) is 25.3. The fraction of sp³-hybridized carbons (Fsp3) is 0.200. The number of carboxylic acid groups (broad SMARTS) is 1. The van der Waals surface area contributed by atoms with E-state index in [4.69, 9.17) is 21.5 Å². The zero-order valence-electron chi connectivity index (χ0n) is 18.5. The van der Waals surface area contributed by atoms with Crippen LogP contribution in [0.3, 0.4) is 0 Å². The fourth-order valence-corrected chi connectivity index (χ4v) is 2.84. The van der Waals surface area contributed by atoms with Crippen molar-refractivity contribution in [3.63, 3.8) is 0 Å². The molecule has 0 spiro atoms. The number of carbonyl (C=O) groups excluding carboxylic acids is 1. The molecular weight excluding hydrogens is 469 g/mol. The number of aliphatic carboxylic acids is 1. The molecule has 34 heavy (non-hydrogen) atoms. The number of benzene rings is 3. The van der Waals surface area contributed by atoms with E-state index in [2.05, 4.69) is 48.7 Å². The van der Waals surface area contributed by atoms with Gasteiger partial charge in [0.05, 0.1) is 0 Å². The molecule has 0 atom stereocenters. The van der Waals surface area contributed by atoms with Crippen LogP contribution in [0.4, 0.5) is 18.9 Å². The van der Waals surface area contributed by atoms with Crippen molar-refractivity contribution in [3.05, 3.63) is 88.9 Å². The van der Waals surface area contributed by atoms with Crippen molar-refractivity contribution in [2.45, 2.75) is 32.6 Å². The topological polar surface area (TPSA) is 78.4 Å². The number of nitrogens with one attached hydrogen (secondary N) is 2. The Morgan fingerprint density at radius 2 is 1.53 bits per heavy atom. The molecule has 0 bridgehead atoms. The second-order valence-electron chi connectivity index (χ2n) is 7.58. The van der Waals surface area contributed by atoms with Gasteiger partial charge in [-0.15, -0.1) is 0 Å². The van der Waals surface area contributed by atoms with Gasteiger partial charge in [0.25, 0.3) is 5.91 Å². The molecule has 0 aromatic heterocycles. The molecule has 3 rings (SSSR count). The largest absolute Gasteiger partial charge is 0.490 e. The third kappa shape index (κ3) is 8.88. The Labute approximate surface area is 200 Å². The van der Waals surface area contributed by atoms with Crippen LogP contribution in [0.25, 0.3) is 11.1 Å². The molecule has 0 unspecified atom stereocenters. The highest BCUT2D eigenvalue weighted by molar-refractivity contribution is 6.30. The summed E-state index contributed by atoms with van der Waals surface area (Å²) < 4.78 is 31.7. The van der Waals surface area contributed by atoms with E-state index >= 15 is 0 Å². The highest BCUT2D eigenvalue weighted by Crippen LogP contribution is 2.24. The summed E-state index contributed by atoms with van der Waals surface area (Å²) in [5.74, 6) is -2.91. The third-order valence-electron chi connectivity index (χ3n) is 4.47. The van der Waals surface area contributed by atoms with Crippen molar-refractivity contribution >= 4 is 29.2 Å². The van der Waals surface area contributed by atoms with Gasteiger partial charge in [-0.25, -0.2) is 4.79 Å². The summed E-state index contributed by atoms with van der Waals surface area (Å²) >= 11 is 5.88. The van der Waals surface area contributed by atoms with E-state index in [1.165, 1.54) is 5.56 Å². The van der Waals surface area contributed by atoms with Crippen molar-refractivity contribution < 1.29 is 27.9 Å². The Morgan fingerprint density at radius 1 is 0.941 bits per heavy atom. The van der Waals surface area contributed by atoms with Crippen molar-refractivity contribution in [2.24, 2.45) is 0 Å². The van der Waals surface area contributed by atoms with E-state index in [0.717, 1.165) is 23.4 Å². The molecule has 180 valence electrons. The second kappa shape index (κ2) is 12.2. The lowest BCUT2D eigenvalue weighted by molar-refractivity contribution is -0.192. The van der Waals surface area contributed by atoms with Crippen molar-refractivity contribution in [2.75, 3.05) is 5.32 Å². The summed E-state index contributed by atoms with van der Waals surface area (Å²) in [7, 11) is 0. The SMILES string of the molecule is CC(C)NCc1ccc(-c2cccc(NC(=O)c3ccc(Cl)cc3)c2)cc1.O=C(O)C(F)(F)F. The third-order valence-corrected chi connectivity index (χ3v) is 4.72. The zero-order valence-corrected chi connectivity index (χ0v) is 19.2. The Bertz CT molecular complexity index is 1100. The second-order valence-corrected chi connectivity index (χ2v) is 8.01. The lowest BCUT2D eigenvalue weighted by Gasteiger charge is -2.10. The first-order valence-electron chi connectivity index (χ1n) is 10.3. The van der Waals surface area contributed by atoms with Crippen LogP contribution < -0.4 is 10.6 Å². The summed E-state index contributed by atoms with van der Waals surface area (Å²) in [6.07, 6.45) is -5.08. The summed E-state index contributed by atoms with van der Waals surface area (Å²) in [5, 5.41) is 14.1. The number of carboxylic acids is 1. The monoisotopic (exact) mass is 492 g/mol. The number of halogens is 4. The molecule has 0 heterocycles. The van der Waals surface area contributed by atoms with Gasteiger partial charge in [0.15, 0.2) is 0 Å². The first-order chi connectivity index (χ1) is 16.0. The first kappa shape index (κ1) is 26.9. The average molecular weight is 493 g/mol. The lowest BCUT2D eigenvalue weighted by atomic mass is 10.0. The molecule has 5 nitrogen and oxygen atoms in total. The number of hydrogen-bond acceptors (Lipinski definition) is 3. The van der Waals surface area contributed by atoms with Crippen molar-refractivity contribution in [3.8, 4) is 11.1 Å². The van der Waals surface area contributed by atoms with Crippen LogP contribution in [-0.4, -0.2) is 29.2 Å².